The zero-order valence-corrected chi connectivity index (χ0v) is 30.2. The van der Waals surface area contributed by atoms with Gasteiger partial charge in [-0.15, -0.1) is 0 Å². The van der Waals surface area contributed by atoms with Gasteiger partial charge in [-0.05, 0) is 93.5 Å². The van der Waals surface area contributed by atoms with E-state index in [-0.39, 0.29) is 0 Å². The number of para-hydroxylation sites is 2. The van der Waals surface area contributed by atoms with Gasteiger partial charge in [0.1, 0.15) is 22.3 Å². The quantitative estimate of drug-likeness (QED) is 0.181. The van der Waals surface area contributed by atoms with Crippen LogP contribution in [0.15, 0.2) is 167 Å². The van der Waals surface area contributed by atoms with Gasteiger partial charge in [0.15, 0.2) is 17.5 Å². The summed E-state index contributed by atoms with van der Waals surface area (Å²) >= 11 is 0. The Kier molecular flexibility index (Phi) is 6.69. The molecule has 0 atom stereocenters. The second-order valence-electron chi connectivity index (χ2n) is 14.6. The lowest BCUT2D eigenvalue weighted by Crippen LogP contribution is -2.02. The minimum atomic E-state index is 0.590. The van der Waals surface area contributed by atoms with Gasteiger partial charge in [-0.3, -0.25) is 0 Å². The molecule has 0 saturated carbocycles. The molecule has 0 radical (unpaired) electrons. The van der Waals surface area contributed by atoms with Crippen LogP contribution in [0.2, 0.25) is 0 Å². The van der Waals surface area contributed by atoms with Gasteiger partial charge in [-0.25, -0.2) is 15.0 Å². The zero-order chi connectivity index (χ0) is 36.7. The monoisotopic (exact) mass is 717 g/mol. The van der Waals surface area contributed by atoms with Crippen LogP contribution in [0.25, 0.3) is 117 Å². The van der Waals surface area contributed by atoms with E-state index in [0.29, 0.717) is 17.5 Å². The van der Waals surface area contributed by atoms with E-state index in [4.69, 9.17) is 23.8 Å². The summed E-state index contributed by atoms with van der Waals surface area (Å²) < 4.78 is 13.3. The van der Waals surface area contributed by atoms with E-state index in [9.17, 15) is 0 Å². The van der Waals surface area contributed by atoms with E-state index < -0.39 is 0 Å². The molecule has 11 aromatic rings. The van der Waals surface area contributed by atoms with E-state index in [1.165, 1.54) is 16.5 Å². The maximum atomic E-state index is 6.85. The Morgan fingerprint density at radius 1 is 0.429 bits per heavy atom. The second kappa shape index (κ2) is 12.1. The fourth-order valence-corrected chi connectivity index (χ4v) is 8.69. The molecule has 0 aliphatic heterocycles. The number of allylic oxidation sites excluding steroid dienone is 1. The predicted molar refractivity (Wildman–Crippen MR) is 228 cm³/mol. The van der Waals surface area contributed by atoms with Crippen molar-refractivity contribution < 1.29 is 8.83 Å². The molecule has 0 amide bonds. The molecule has 0 bridgehead atoms. The van der Waals surface area contributed by atoms with Crippen molar-refractivity contribution in [3.63, 3.8) is 0 Å². The average Bonchev–Trinajstić information content (AvgIpc) is 3.85. The summed E-state index contributed by atoms with van der Waals surface area (Å²) in [5.41, 5.74) is 10.6. The van der Waals surface area contributed by atoms with E-state index >= 15 is 0 Å². The Labute approximate surface area is 321 Å². The maximum Gasteiger partial charge on any atom is 0.164 e. The minimum absolute atomic E-state index is 0.590. The third kappa shape index (κ3) is 4.77. The van der Waals surface area contributed by atoms with Crippen LogP contribution in [0.5, 0.6) is 0 Å². The highest BCUT2D eigenvalue weighted by Crippen LogP contribution is 2.46. The smallest absolute Gasteiger partial charge is 0.164 e. The standard InChI is InChI=1S/C51H31N3O2/c1-3-13-32-27-34(23-21-30(32)11-1)49-52-50(35-24-22-31-12-2-4-14-33(31)28-35)54-51(53-49)41-26-25-38(48-47(41)40-18-8-10-20-44(40)56-48)42-29-45-46(37-16-6-5-15-36(37)42)39-17-7-9-19-43(39)55-45/h1,3-11,13-29H,2,12H2. The maximum absolute atomic E-state index is 6.85. The largest absolute Gasteiger partial charge is 0.456 e. The Balaban J connectivity index is 1.13. The van der Waals surface area contributed by atoms with Gasteiger partial charge in [0.05, 0.1) is 0 Å². The summed E-state index contributed by atoms with van der Waals surface area (Å²) in [4.78, 5) is 15.7. The zero-order valence-electron chi connectivity index (χ0n) is 30.2. The van der Waals surface area contributed by atoms with Crippen molar-refractivity contribution in [2.24, 2.45) is 0 Å². The molecule has 1 aliphatic rings. The number of benzene rings is 8. The van der Waals surface area contributed by atoms with Gasteiger partial charge < -0.3 is 8.83 Å². The lowest BCUT2D eigenvalue weighted by Gasteiger charge is -2.14. The van der Waals surface area contributed by atoms with E-state index in [1.807, 2.05) is 24.3 Å². The molecule has 12 rings (SSSR count). The molecule has 0 unspecified atom stereocenters. The minimum Gasteiger partial charge on any atom is -0.456 e. The van der Waals surface area contributed by atoms with Gasteiger partial charge in [0, 0.05) is 43.8 Å². The van der Waals surface area contributed by atoms with Gasteiger partial charge in [0.25, 0.3) is 0 Å². The number of hydrogen-bond donors (Lipinski definition) is 0. The first-order chi connectivity index (χ1) is 27.7. The number of furan rings is 2. The van der Waals surface area contributed by atoms with Crippen molar-refractivity contribution in [1.29, 1.82) is 0 Å². The Morgan fingerprint density at radius 3 is 1.91 bits per heavy atom. The van der Waals surface area contributed by atoms with Crippen molar-refractivity contribution in [2.45, 2.75) is 12.8 Å². The summed E-state index contributed by atoms with van der Waals surface area (Å²) in [7, 11) is 0. The molecule has 8 aromatic carbocycles. The van der Waals surface area contributed by atoms with E-state index in [1.54, 1.807) is 0 Å². The van der Waals surface area contributed by atoms with Crippen LogP contribution in [-0.2, 0) is 6.42 Å². The third-order valence-corrected chi connectivity index (χ3v) is 11.4. The van der Waals surface area contributed by atoms with Crippen molar-refractivity contribution in [3.8, 4) is 45.3 Å². The molecule has 0 saturated heterocycles. The van der Waals surface area contributed by atoms with Gasteiger partial charge in [0.2, 0.25) is 0 Å². The van der Waals surface area contributed by atoms with Crippen LogP contribution in [0.4, 0.5) is 0 Å². The first kappa shape index (κ1) is 31.0. The Bertz CT molecular complexity index is 3440. The van der Waals surface area contributed by atoms with E-state index in [0.717, 1.165) is 101 Å². The molecule has 5 nitrogen and oxygen atoms in total. The summed E-state index contributed by atoms with van der Waals surface area (Å²) in [5, 5.41) is 8.76. The molecule has 56 heavy (non-hydrogen) atoms. The molecule has 5 heteroatoms. The fourth-order valence-electron chi connectivity index (χ4n) is 8.69. The van der Waals surface area contributed by atoms with E-state index in [2.05, 4.69) is 140 Å². The molecule has 262 valence electrons. The number of fused-ring (bicyclic) bond motifs is 10. The summed E-state index contributed by atoms with van der Waals surface area (Å²) in [6.07, 6.45) is 6.54. The SMILES string of the molecule is C1=Cc2cc(-c3nc(-c4ccc5ccccc5c4)nc(-c4ccc(-c5cc6oc7ccccc7c6c6ccccc56)c5oc6ccccc6c45)n3)ccc2CC1. The normalized spacial score (nSPS) is 12.8. The molecular weight excluding hydrogens is 687 g/mol. The first-order valence-electron chi connectivity index (χ1n) is 19.1. The average molecular weight is 718 g/mol. The van der Waals surface area contributed by atoms with Crippen LogP contribution < -0.4 is 0 Å². The molecular formula is C51H31N3O2. The lowest BCUT2D eigenvalue weighted by atomic mass is 9.92. The van der Waals surface area contributed by atoms with Crippen molar-refractivity contribution in [3.05, 3.63) is 169 Å². The molecule has 3 aromatic heterocycles. The van der Waals surface area contributed by atoms with Crippen LogP contribution in [-0.4, -0.2) is 15.0 Å². The van der Waals surface area contributed by atoms with Crippen LogP contribution in [0.3, 0.4) is 0 Å². The number of hydrogen-bond acceptors (Lipinski definition) is 5. The fraction of sp³-hybridized carbons (Fsp3) is 0.0392. The topological polar surface area (TPSA) is 65.0 Å². The molecule has 0 spiro atoms. The first-order valence-corrected chi connectivity index (χ1v) is 19.1. The van der Waals surface area contributed by atoms with Crippen LogP contribution in [0.1, 0.15) is 17.5 Å². The Morgan fingerprint density at radius 2 is 1.07 bits per heavy atom. The summed E-state index contributed by atoms with van der Waals surface area (Å²) in [6.45, 7) is 0. The van der Waals surface area contributed by atoms with Gasteiger partial charge >= 0.3 is 0 Å². The van der Waals surface area contributed by atoms with Crippen LogP contribution >= 0.6 is 0 Å². The van der Waals surface area contributed by atoms with Gasteiger partial charge in [-0.1, -0.05) is 121 Å². The number of aromatic nitrogens is 3. The highest BCUT2D eigenvalue weighted by molar-refractivity contribution is 6.24. The number of nitrogens with zero attached hydrogens (tertiary/aromatic N) is 3. The molecule has 1 aliphatic carbocycles. The van der Waals surface area contributed by atoms with Crippen molar-refractivity contribution in [1.82, 2.24) is 15.0 Å². The lowest BCUT2D eigenvalue weighted by molar-refractivity contribution is 0.668. The number of aryl methyl sites for hydroxylation is 1. The summed E-state index contributed by atoms with van der Waals surface area (Å²) in [6, 6.07) is 52.9. The van der Waals surface area contributed by atoms with Crippen molar-refractivity contribution >= 4 is 71.5 Å². The third-order valence-electron chi connectivity index (χ3n) is 11.4. The molecule has 0 fully saturated rings. The molecule has 3 heterocycles. The second-order valence-corrected chi connectivity index (χ2v) is 14.6. The highest BCUT2D eigenvalue weighted by Gasteiger charge is 2.23. The highest BCUT2D eigenvalue weighted by atomic mass is 16.3. The summed E-state index contributed by atoms with van der Waals surface area (Å²) in [5.74, 6) is 1.84. The van der Waals surface area contributed by atoms with Crippen LogP contribution in [0, 0.1) is 0 Å². The predicted octanol–water partition coefficient (Wildman–Crippen LogP) is 13.6. The van der Waals surface area contributed by atoms with Crippen molar-refractivity contribution in [2.75, 3.05) is 0 Å². The number of rotatable bonds is 4. The Hall–Kier alpha value is -7.37. The van der Waals surface area contributed by atoms with Gasteiger partial charge in [-0.2, -0.15) is 0 Å². The molecule has 0 N–H and O–H groups in total.